The van der Waals surface area contributed by atoms with Crippen LogP contribution in [0.4, 0.5) is 11.4 Å². The lowest BCUT2D eigenvalue weighted by atomic mass is 9.93. The average molecular weight is 411 g/mol. The van der Waals surface area contributed by atoms with E-state index in [1.165, 1.54) is 4.90 Å². The maximum absolute atomic E-state index is 13.5. The lowest BCUT2D eigenvalue weighted by Crippen LogP contribution is -2.39. The van der Waals surface area contributed by atoms with Crippen LogP contribution in [0.5, 0.6) is 5.75 Å². The number of benzene rings is 3. The Hall–Kier alpha value is -3.93. The van der Waals surface area contributed by atoms with Gasteiger partial charge in [-0.15, -0.1) is 0 Å². The number of carbonyl (C=O) groups is 2. The third-order valence-electron chi connectivity index (χ3n) is 5.55. The van der Waals surface area contributed by atoms with Crippen molar-refractivity contribution in [3.63, 3.8) is 0 Å². The van der Waals surface area contributed by atoms with Gasteiger partial charge in [0.2, 0.25) is 5.91 Å². The molecule has 2 atom stereocenters. The molecule has 1 fully saturated rings. The summed E-state index contributed by atoms with van der Waals surface area (Å²) in [6, 6.07) is 25.4. The lowest BCUT2D eigenvalue weighted by Gasteiger charge is -2.22. The van der Waals surface area contributed by atoms with Gasteiger partial charge in [0, 0.05) is 0 Å². The van der Waals surface area contributed by atoms with Crippen molar-refractivity contribution in [3.8, 4) is 5.75 Å². The van der Waals surface area contributed by atoms with Crippen LogP contribution in [0.25, 0.3) is 0 Å². The number of imide groups is 1. The first-order chi connectivity index (χ1) is 15.2. The van der Waals surface area contributed by atoms with Crippen molar-refractivity contribution >= 4 is 28.9 Å². The van der Waals surface area contributed by atoms with Crippen molar-refractivity contribution in [2.24, 2.45) is 11.0 Å². The summed E-state index contributed by atoms with van der Waals surface area (Å²) in [5, 5.41) is 6.42. The second-order valence-corrected chi connectivity index (χ2v) is 7.39. The third-order valence-corrected chi connectivity index (χ3v) is 5.55. The van der Waals surface area contributed by atoms with Crippen LogP contribution < -0.4 is 14.6 Å². The quantitative estimate of drug-likeness (QED) is 0.598. The summed E-state index contributed by atoms with van der Waals surface area (Å²) >= 11 is 0. The molecule has 31 heavy (non-hydrogen) atoms. The molecule has 0 radical (unpaired) electrons. The van der Waals surface area contributed by atoms with E-state index in [9.17, 15) is 9.59 Å². The van der Waals surface area contributed by atoms with Gasteiger partial charge >= 0.3 is 0 Å². The minimum Gasteiger partial charge on any atom is -0.494 e. The van der Waals surface area contributed by atoms with Gasteiger partial charge in [-0.05, 0) is 48.9 Å². The van der Waals surface area contributed by atoms with Crippen molar-refractivity contribution in [2.75, 3.05) is 16.5 Å². The van der Waals surface area contributed by atoms with E-state index < -0.39 is 12.0 Å². The van der Waals surface area contributed by atoms with Crippen molar-refractivity contribution < 1.29 is 14.3 Å². The molecule has 5 rings (SSSR count). The number of nitrogens with zero attached hydrogens (tertiary/aromatic N) is 3. The Labute approximate surface area is 180 Å². The highest BCUT2D eigenvalue weighted by atomic mass is 16.5. The van der Waals surface area contributed by atoms with Crippen molar-refractivity contribution in [3.05, 3.63) is 90.5 Å². The zero-order chi connectivity index (χ0) is 21.4. The Balaban J connectivity index is 1.57. The summed E-state index contributed by atoms with van der Waals surface area (Å²) in [7, 11) is 0. The first-order valence-electron chi connectivity index (χ1n) is 10.3. The van der Waals surface area contributed by atoms with Gasteiger partial charge in [0.15, 0.2) is 0 Å². The van der Waals surface area contributed by atoms with Gasteiger partial charge in [-0.1, -0.05) is 48.5 Å². The molecule has 3 aromatic rings. The normalized spacial score (nSPS) is 20.1. The maximum atomic E-state index is 13.5. The number of hydrogen-bond acceptors (Lipinski definition) is 5. The Morgan fingerprint density at radius 1 is 0.806 bits per heavy atom. The molecule has 3 aromatic carbocycles. The van der Waals surface area contributed by atoms with E-state index in [-0.39, 0.29) is 11.8 Å². The van der Waals surface area contributed by atoms with Crippen molar-refractivity contribution in [2.45, 2.75) is 13.0 Å². The fourth-order valence-electron chi connectivity index (χ4n) is 4.17. The van der Waals surface area contributed by atoms with E-state index >= 15 is 0 Å². The molecule has 0 spiro atoms. The minimum atomic E-state index is -0.711. The molecule has 6 nitrogen and oxygen atoms in total. The highest BCUT2D eigenvalue weighted by Gasteiger charge is 2.57. The number of amides is 2. The summed E-state index contributed by atoms with van der Waals surface area (Å²) in [6.45, 7) is 2.46. The zero-order valence-corrected chi connectivity index (χ0v) is 17.0. The van der Waals surface area contributed by atoms with Crippen molar-refractivity contribution in [1.29, 1.82) is 0 Å². The van der Waals surface area contributed by atoms with Crippen LogP contribution in [-0.2, 0) is 9.59 Å². The summed E-state index contributed by atoms with van der Waals surface area (Å²) in [4.78, 5) is 28.3. The van der Waals surface area contributed by atoms with Crippen LogP contribution in [0.2, 0.25) is 0 Å². The Kier molecular flexibility index (Phi) is 4.75. The first-order valence-corrected chi connectivity index (χ1v) is 10.3. The molecule has 2 amide bonds. The molecule has 0 aromatic heterocycles. The van der Waals surface area contributed by atoms with Gasteiger partial charge in [-0.2, -0.15) is 5.10 Å². The Morgan fingerprint density at radius 2 is 1.45 bits per heavy atom. The summed E-state index contributed by atoms with van der Waals surface area (Å²) in [5.41, 5.74) is 2.76. The van der Waals surface area contributed by atoms with E-state index in [1.807, 2.05) is 67.6 Å². The van der Waals surface area contributed by atoms with Gasteiger partial charge in [0.1, 0.15) is 17.7 Å². The van der Waals surface area contributed by atoms with E-state index in [0.717, 1.165) is 11.3 Å². The smallest absolute Gasteiger partial charge is 0.259 e. The molecule has 0 unspecified atom stereocenters. The second-order valence-electron chi connectivity index (χ2n) is 7.39. The molecule has 154 valence electrons. The monoisotopic (exact) mass is 411 g/mol. The van der Waals surface area contributed by atoms with Gasteiger partial charge in [-0.3, -0.25) is 14.6 Å². The summed E-state index contributed by atoms with van der Waals surface area (Å²) in [6.07, 6.45) is 0. The number of hydrazone groups is 1. The van der Waals surface area contributed by atoms with Crippen LogP contribution >= 0.6 is 0 Å². The molecule has 0 N–H and O–H groups in total. The summed E-state index contributed by atoms with van der Waals surface area (Å²) < 4.78 is 5.49. The van der Waals surface area contributed by atoms with Crippen molar-refractivity contribution in [1.82, 2.24) is 0 Å². The minimum absolute atomic E-state index is 0.264. The molecule has 1 saturated heterocycles. The highest BCUT2D eigenvalue weighted by molar-refractivity contribution is 6.34. The standard InChI is InChI=1S/C25H21N3O3/c1-2-31-20-15-13-18(14-16-20)27-24(29)21-22(17-9-5-3-6-10-17)26-28(23(21)25(27)30)19-11-7-4-8-12-19/h3-16,21,23H,2H2,1H3/t21-,23-/m0/s1. The van der Waals surface area contributed by atoms with Crippen LogP contribution in [0.15, 0.2) is 90.0 Å². The number of hydrogen-bond donors (Lipinski definition) is 0. The largest absolute Gasteiger partial charge is 0.494 e. The number of para-hydroxylation sites is 1. The number of carbonyl (C=O) groups excluding carboxylic acids is 2. The van der Waals surface area contributed by atoms with Crippen LogP contribution in [0.3, 0.4) is 0 Å². The van der Waals surface area contributed by atoms with Gasteiger partial charge in [0.05, 0.1) is 23.7 Å². The topological polar surface area (TPSA) is 62.2 Å². The molecular formula is C25H21N3O3. The van der Waals surface area contributed by atoms with Gasteiger partial charge in [-0.25, -0.2) is 4.90 Å². The summed E-state index contributed by atoms with van der Waals surface area (Å²) in [5.74, 6) is -0.512. The Morgan fingerprint density at radius 3 is 2.10 bits per heavy atom. The molecule has 2 heterocycles. The Bertz CT molecular complexity index is 1140. The van der Waals surface area contributed by atoms with E-state index in [0.29, 0.717) is 23.8 Å². The van der Waals surface area contributed by atoms with E-state index in [2.05, 4.69) is 0 Å². The molecule has 2 aliphatic rings. The van der Waals surface area contributed by atoms with Crippen LogP contribution in [-0.4, -0.2) is 30.2 Å². The average Bonchev–Trinajstić information content (AvgIpc) is 3.33. The number of ether oxygens (including phenoxy) is 1. The molecule has 0 saturated carbocycles. The van der Waals surface area contributed by atoms with Crippen LogP contribution in [0, 0.1) is 5.92 Å². The molecular weight excluding hydrogens is 390 g/mol. The number of fused-ring (bicyclic) bond motifs is 1. The highest BCUT2D eigenvalue weighted by Crippen LogP contribution is 2.39. The van der Waals surface area contributed by atoms with Gasteiger partial charge in [0.25, 0.3) is 5.91 Å². The lowest BCUT2D eigenvalue weighted by molar-refractivity contribution is -0.121. The van der Waals surface area contributed by atoms with E-state index in [1.54, 1.807) is 29.3 Å². The third kappa shape index (κ3) is 3.17. The van der Waals surface area contributed by atoms with Crippen LogP contribution in [0.1, 0.15) is 12.5 Å². The fourth-order valence-corrected chi connectivity index (χ4v) is 4.17. The second kappa shape index (κ2) is 7.72. The maximum Gasteiger partial charge on any atom is 0.259 e. The number of rotatable bonds is 5. The molecule has 0 bridgehead atoms. The fraction of sp³-hybridized carbons (Fsp3) is 0.160. The molecule has 2 aliphatic heterocycles. The predicted molar refractivity (Wildman–Crippen MR) is 119 cm³/mol. The zero-order valence-electron chi connectivity index (χ0n) is 17.0. The SMILES string of the molecule is CCOc1ccc(N2C(=O)[C@H]3C(c4ccccc4)=NN(c4ccccc4)[C@@H]3C2=O)cc1. The van der Waals surface area contributed by atoms with E-state index in [4.69, 9.17) is 9.84 Å². The number of anilines is 2. The van der Waals surface area contributed by atoms with Gasteiger partial charge < -0.3 is 4.74 Å². The first kappa shape index (κ1) is 19.1. The predicted octanol–water partition coefficient (Wildman–Crippen LogP) is 3.87. The molecule has 0 aliphatic carbocycles. The molecule has 6 heteroatoms.